The van der Waals surface area contributed by atoms with E-state index in [-0.39, 0.29) is 11.8 Å². The van der Waals surface area contributed by atoms with Gasteiger partial charge in [-0.05, 0) is 75.4 Å². The molecule has 1 aromatic carbocycles. The summed E-state index contributed by atoms with van der Waals surface area (Å²) in [5.41, 5.74) is 3.17. The Morgan fingerprint density at radius 2 is 1.55 bits per heavy atom. The molecule has 0 radical (unpaired) electrons. The molecule has 1 atom stereocenters. The van der Waals surface area contributed by atoms with Gasteiger partial charge >= 0.3 is 0 Å². The molecule has 188 valence electrons. The number of carbonyl (C=O) groups excluding carboxylic acids is 2. The van der Waals surface area contributed by atoms with E-state index in [1.165, 1.54) is 32.1 Å². The minimum atomic E-state index is 0.0288. The van der Waals surface area contributed by atoms with E-state index >= 15 is 0 Å². The number of hydrogen-bond acceptors (Lipinski definition) is 3. The third kappa shape index (κ3) is 14.8. The van der Waals surface area contributed by atoms with Crippen LogP contribution in [0, 0.1) is 19.8 Å². The zero-order valence-electron chi connectivity index (χ0n) is 22.0. The molecule has 1 aromatic rings. The summed E-state index contributed by atoms with van der Waals surface area (Å²) in [4.78, 5) is 26.6. The summed E-state index contributed by atoms with van der Waals surface area (Å²) in [6.45, 7) is 13.7. The fraction of sp³-hybridized carbons (Fsp3) is 0.714. The van der Waals surface area contributed by atoms with E-state index in [2.05, 4.69) is 42.4 Å². The van der Waals surface area contributed by atoms with E-state index < -0.39 is 0 Å². The van der Waals surface area contributed by atoms with Crippen LogP contribution in [-0.4, -0.2) is 42.9 Å². The maximum absolute atomic E-state index is 12.4. The number of likely N-dealkylation sites (N-methyl/N-ethyl adjacent to an activating group) is 1. The molecule has 0 aliphatic heterocycles. The monoisotopic (exact) mass is 459 g/mol. The first kappa shape index (κ1) is 29.2. The molecule has 0 spiro atoms. The quantitative estimate of drug-likeness (QED) is 0.256. The molecule has 5 nitrogen and oxygen atoms in total. The summed E-state index contributed by atoms with van der Waals surface area (Å²) >= 11 is 0. The molecule has 0 saturated carbocycles. The van der Waals surface area contributed by atoms with Gasteiger partial charge in [0.1, 0.15) is 0 Å². The summed E-state index contributed by atoms with van der Waals surface area (Å²) in [6.07, 6.45) is 11.0. The van der Waals surface area contributed by atoms with Crippen LogP contribution in [0.1, 0.15) is 96.1 Å². The van der Waals surface area contributed by atoms with E-state index in [0.29, 0.717) is 13.0 Å². The number of unbranched alkanes of at least 4 members (excludes halogenated alkanes) is 5. The van der Waals surface area contributed by atoms with Crippen molar-refractivity contribution in [2.75, 3.05) is 31.5 Å². The highest BCUT2D eigenvalue weighted by Crippen LogP contribution is 2.14. The van der Waals surface area contributed by atoms with Gasteiger partial charge in [0.05, 0.1) is 6.54 Å². The molecule has 0 saturated heterocycles. The fourth-order valence-corrected chi connectivity index (χ4v) is 4.09. The first-order valence-electron chi connectivity index (χ1n) is 13.2. The molecule has 0 fully saturated rings. The van der Waals surface area contributed by atoms with Crippen LogP contribution in [0.3, 0.4) is 0 Å². The first-order chi connectivity index (χ1) is 15.8. The van der Waals surface area contributed by atoms with Crippen molar-refractivity contribution in [3.63, 3.8) is 0 Å². The molecule has 0 unspecified atom stereocenters. The molecular formula is C28H49N3O2. The first-order valence-corrected chi connectivity index (χ1v) is 13.2. The van der Waals surface area contributed by atoms with Crippen molar-refractivity contribution in [2.24, 2.45) is 5.92 Å². The van der Waals surface area contributed by atoms with Crippen molar-refractivity contribution < 1.29 is 9.59 Å². The number of hydrogen-bond donors (Lipinski definition) is 2. The molecule has 33 heavy (non-hydrogen) atoms. The molecular weight excluding hydrogens is 410 g/mol. The number of amides is 2. The highest BCUT2D eigenvalue weighted by atomic mass is 16.2. The lowest BCUT2D eigenvalue weighted by Gasteiger charge is -2.20. The predicted molar refractivity (Wildman–Crippen MR) is 141 cm³/mol. The number of nitrogens with zero attached hydrogens (tertiary/aromatic N) is 1. The van der Waals surface area contributed by atoms with Crippen LogP contribution in [0.2, 0.25) is 0 Å². The Morgan fingerprint density at radius 1 is 0.879 bits per heavy atom. The highest BCUT2D eigenvalue weighted by Gasteiger charge is 2.10. The van der Waals surface area contributed by atoms with E-state index in [9.17, 15) is 9.59 Å². The topological polar surface area (TPSA) is 61.4 Å². The van der Waals surface area contributed by atoms with Gasteiger partial charge in [-0.1, -0.05) is 65.4 Å². The van der Waals surface area contributed by atoms with Gasteiger partial charge in [-0.2, -0.15) is 0 Å². The second kappa shape index (κ2) is 17.6. The zero-order chi connectivity index (χ0) is 24.5. The van der Waals surface area contributed by atoms with Crippen LogP contribution in [0.25, 0.3) is 0 Å². The Balaban J connectivity index is 2.08. The van der Waals surface area contributed by atoms with Crippen LogP contribution in [0.4, 0.5) is 5.69 Å². The van der Waals surface area contributed by atoms with Crippen molar-refractivity contribution in [3.8, 4) is 0 Å². The lowest BCUT2D eigenvalue weighted by molar-refractivity contribution is -0.121. The van der Waals surface area contributed by atoms with Crippen LogP contribution < -0.4 is 10.6 Å². The van der Waals surface area contributed by atoms with Crippen molar-refractivity contribution >= 4 is 17.5 Å². The van der Waals surface area contributed by atoms with Crippen molar-refractivity contribution in [1.82, 2.24) is 10.2 Å². The molecule has 0 bridgehead atoms. The van der Waals surface area contributed by atoms with E-state index in [1.54, 1.807) is 0 Å². The van der Waals surface area contributed by atoms with E-state index in [0.717, 1.165) is 68.0 Å². The summed E-state index contributed by atoms with van der Waals surface area (Å²) < 4.78 is 0. The molecule has 0 aromatic heterocycles. The van der Waals surface area contributed by atoms with Crippen LogP contribution in [0.5, 0.6) is 0 Å². The van der Waals surface area contributed by atoms with Gasteiger partial charge in [0.15, 0.2) is 0 Å². The fourth-order valence-electron chi connectivity index (χ4n) is 4.09. The van der Waals surface area contributed by atoms with Crippen molar-refractivity contribution in [1.29, 1.82) is 0 Å². The van der Waals surface area contributed by atoms with Gasteiger partial charge in [-0.25, -0.2) is 0 Å². The Bertz CT molecular complexity index is 669. The minimum absolute atomic E-state index is 0.0288. The van der Waals surface area contributed by atoms with Gasteiger partial charge < -0.3 is 10.6 Å². The minimum Gasteiger partial charge on any atom is -0.356 e. The molecule has 1 rings (SSSR count). The normalized spacial score (nSPS) is 12.1. The number of rotatable bonds is 18. The third-order valence-electron chi connectivity index (χ3n) is 6.34. The molecule has 2 amide bonds. The predicted octanol–water partition coefficient (Wildman–Crippen LogP) is 6.24. The maximum atomic E-state index is 12.4. The second-order valence-electron chi connectivity index (χ2n) is 9.67. The van der Waals surface area contributed by atoms with Gasteiger partial charge in [-0.3, -0.25) is 14.5 Å². The Kier molecular flexibility index (Phi) is 15.5. The van der Waals surface area contributed by atoms with E-state index in [1.807, 2.05) is 26.0 Å². The molecule has 2 N–H and O–H groups in total. The standard InChI is InChI=1S/C28H49N3O2/c1-6-23(3)15-11-8-9-13-17-29-27(32)16-12-10-14-18-31(7-2)22-28(33)30-26-20-24(4)19-25(5)21-26/h19-21,23H,6-18,22H2,1-5H3,(H,29,32)(H,30,33)/t23-/m1/s1. The largest absolute Gasteiger partial charge is 0.356 e. The average Bonchev–Trinajstić information content (AvgIpc) is 2.76. The molecule has 0 aliphatic rings. The van der Waals surface area contributed by atoms with Gasteiger partial charge in [0.2, 0.25) is 11.8 Å². The number of benzene rings is 1. The SMILES string of the molecule is CC[C@@H](C)CCCCCCNC(=O)CCCCCN(CC)CC(=O)Nc1cc(C)cc(C)c1. The van der Waals surface area contributed by atoms with Gasteiger partial charge in [0, 0.05) is 18.7 Å². The van der Waals surface area contributed by atoms with Crippen LogP contribution >= 0.6 is 0 Å². The third-order valence-corrected chi connectivity index (χ3v) is 6.34. The number of anilines is 1. The van der Waals surface area contributed by atoms with Gasteiger partial charge in [0.25, 0.3) is 0 Å². The summed E-state index contributed by atoms with van der Waals surface area (Å²) in [5, 5.41) is 6.07. The van der Waals surface area contributed by atoms with Crippen molar-refractivity contribution in [3.05, 3.63) is 29.3 Å². The van der Waals surface area contributed by atoms with Gasteiger partial charge in [-0.15, -0.1) is 0 Å². The Labute approximate surface area is 203 Å². The lowest BCUT2D eigenvalue weighted by atomic mass is 10.0. The maximum Gasteiger partial charge on any atom is 0.238 e. The highest BCUT2D eigenvalue weighted by molar-refractivity contribution is 5.92. The molecule has 5 heteroatoms. The van der Waals surface area contributed by atoms with Crippen LogP contribution in [0.15, 0.2) is 18.2 Å². The molecule has 0 aliphatic carbocycles. The average molecular weight is 460 g/mol. The number of aryl methyl sites for hydroxylation is 2. The summed E-state index contributed by atoms with van der Waals surface area (Å²) in [7, 11) is 0. The Morgan fingerprint density at radius 3 is 2.21 bits per heavy atom. The smallest absolute Gasteiger partial charge is 0.238 e. The summed E-state index contributed by atoms with van der Waals surface area (Å²) in [6, 6.07) is 6.10. The summed E-state index contributed by atoms with van der Waals surface area (Å²) in [5.74, 6) is 1.05. The number of carbonyl (C=O) groups is 2. The van der Waals surface area contributed by atoms with Crippen LogP contribution in [-0.2, 0) is 9.59 Å². The lowest BCUT2D eigenvalue weighted by Crippen LogP contribution is -2.34. The Hall–Kier alpha value is -1.88. The van der Waals surface area contributed by atoms with E-state index in [4.69, 9.17) is 0 Å². The zero-order valence-corrected chi connectivity index (χ0v) is 22.0. The van der Waals surface area contributed by atoms with Crippen molar-refractivity contribution in [2.45, 2.75) is 98.8 Å². The second-order valence-corrected chi connectivity index (χ2v) is 9.67. The molecule has 0 heterocycles. The number of nitrogens with one attached hydrogen (secondary N) is 2.